The summed E-state index contributed by atoms with van der Waals surface area (Å²) in [5.41, 5.74) is 2.65. The lowest BCUT2D eigenvalue weighted by Gasteiger charge is -2.05. The van der Waals surface area contributed by atoms with E-state index in [0.717, 1.165) is 34.7 Å². The first-order valence-corrected chi connectivity index (χ1v) is 8.00. The lowest BCUT2D eigenvalue weighted by Crippen LogP contribution is -2.01. The van der Waals surface area contributed by atoms with E-state index in [1.807, 2.05) is 10.9 Å². The van der Waals surface area contributed by atoms with Gasteiger partial charge < -0.3 is 5.32 Å². The third kappa shape index (κ3) is 2.33. The molecule has 0 aromatic carbocycles. The lowest BCUT2D eigenvalue weighted by molar-refractivity contribution is 1.14. The van der Waals surface area contributed by atoms with Crippen LogP contribution in [0.4, 0.5) is 5.82 Å². The minimum Gasteiger partial charge on any atom is -0.370 e. The predicted molar refractivity (Wildman–Crippen MR) is 82.1 cm³/mol. The molecule has 3 aromatic heterocycles. The molecule has 0 aliphatic heterocycles. The zero-order valence-electron chi connectivity index (χ0n) is 10.8. The van der Waals surface area contributed by atoms with Crippen molar-refractivity contribution < 1.29 is 0 Å². The molecule has 0 saturated heterocycles. The molecule has 0 spiro atoms. The Morgan fingerprint density at radius 1 is 1.26 bits per heavy atom. The Morgan fingerprint density at radius 2 is 2.16 bits per heavy atom. The summed E-state index contributed by atoms with van der Waals surface area (Å²) < 4.78 is 0. The van der Waals surface area contributed by atoms with Gasteiger partial charge in [-0.3, -0.25) is 0 Å². The summed E-state index contributed by atoms with van der Waals surface area (Å²) in [5.74, 6) is 1.61. The fourth-order valence-electron chi connectivity index (χ4n) is 1.89. The summed E-state index contributed by atoms with van der Waals surface area (Å²) >= 11 is 3.29. The van der Waals surface area contributed by atoms with Gasteiger partial charge in [0.15, 0.2) is 5.82 Å². The van der Waals surface area contributed by atoms with Crippen molar-refractivity contribution in [2.24, 2.45) is 0 Å². The summed E-state index contributed by atoms with van der Waals surface area (Å²) in [4.78, 5) is 15.9. The summed E-state index contributed by atoms with van der Waals surface area (Å²) in [6.45, 7) is 5.08. The molecule has 1 N–H and O–H groups in total. The average molecular weight is 290 g/mol. The van der Waals surface area contributed by atoms with Crippen molar-refractivity contribution in [2.45, 2.75) is 20.3 Å². The van der Waals surface area contributed by atoms with Gasteiger partial charge in [0.25, 0.3) is 0 Å². The second kappa shape index (κ2) is 5.22. The van der Waals surface area contributed by atoms with Gasteiger partial charge in [0.05, 0.1) is 10.9 Å². The van der Waals surface area contributed by atoms with Gasteiger partial charge in [-0.05, 0) is 19.4 Å². The summed E-state index contributed by atoms with van der Waals surface area (Å²) in [6, 6.07) is 2.18. The van der Waals surface area contributed by atoms with Crippen LogP contribution in [0.25, 0.3) is 21.7 Å². The molecular formula is C13H14N4S2. The van der Waals surface area contributed by atoms with Crippen LogP contribution in [-0.2, 0) is 6.42 Å². The Balaban J connectivity index is 2.20. The number of hydrogen-bond acceptors (Lipinski definition) is 6. The van der Waals surface area contributed by atoms with Crippen molar-refractivity contribution in [2.75, 3.05) is 11.9 Å². The first-order valence-electron chi connectivity index (χ1n) is 6.24. The number of thiophene rings is 1. The van der Waals surface area contributed by atoms with E-state index in [1.165, 1.54) is 4.88 Å². The largest absolute Gasteiger partial charge is 0.370 e. The number of aryl methyl sites for hydroxylation is 1. The first kappa shape index (κ1) is 12.5. The normalized spacial score (nSPS) is 11.1. The maximum Gasteiger partial charge on any atom is 0.182 e. The summed E-state index contributed by atoms with van der Waals surface area (Å²) in [6.07, 6.45) is 1.03. The van der Waals surface area contributed by atoms with Gasteiger partial charge in [0, 0.05) is 16.8 Å². The van der Waals surface area contributed by atoms with Crippen LogP contribution in [0.5, 0.6) is 0 Å². The number of fused-ring (bicyclic) bond motifs is 1. The average Bonchev–Trinajstić information content (AvgIpc) is 3.07. The highest BCUT2D eigenvalue weighted by Crippen LogP contribution is 2.31. The summed E-state index contributed by atoms with van der Waals surface area (Å²) in [5, 5.41) is 6.41. The number of anilines is 1. The Kier molecular flexibility index (Phi) is 3.44. The molecule has 0 bridgehead atoms. The van der Waals surface area contributed by atoms with Crippen LogP contribution in [0.2, 0.25) is 0 Å². The molecule has 0 fully saturated rings. The fraction of sp³-hybridized carbons (Fsp3) is 0.308. The quantitative estimate of drug-likeness (QED) is 0.794. The molecule has 19 heavy (non-hydrogen) atoms. The van der Waals surface area contributed by atoms with E-state index in [9.17, 15) is 0 Å². The van der Waals surface area contributed by atoms with Crippen molar-refractivity contribution in [3.05, 3.63) is 21.8 Å². The molecule has 3 heterocycles. The standard InChI is InChI=1S/C13H14N4S2/c1-3-8-5-9-11(14-4-2)16-12(17-13(9)19-8)10-6-18-7-15-10/h5-7H,3-4H2,1-2H3,(H,14,16,17). The molecule has 98 valence electrons. The van der Waals surface area contributed by atoms with Crippen molar-refractivity contribution in [1.29, 1.82) is 0 Å². The molecule has 0 amide bonds. The molecule has 3 aromatic rings. The van der Waals surface area contributed by atoms with E-state index in [2.05, 4.69) is 40.2 Å². The number of thiazole rings is 1. The maximum atomic E-state index is 4.64. The van der Waals surface area contributed by atoms with Gasteiger partial charge >= 0.3 is 0 Å². The molecule has 6 heteroatoms. The topological polar surface area (TPSA) is 50.7 Å². The second-order valence-electron chi connectivity index (χ2n) is 4.08. The van der Waals surface area contributed by atoms with Gasteiger partial charge in [0.2, 0.25) is 0 Å². The Hall–Kier alpha value is -1.53. The molecule has 0 saturated carbocycles. The molecule has 0 atom stereocenters. The van der Waals surface area contributed by atoms with Crippen LogP contribution in [0.3, 0.4) is 0 Å². The Morgan fingerprint density at radius 3 is 2.84 bits per heavy atom. The van der Waals surface area contributed by atoms with Crippen LogP contribution in [0, 0.1) is 0 Å². The van der Waals surface area contributed by atoms with Crippen molar-refractivity contribution in [3.63, 3.8) is 0 Å². The summed E-state index contributed by atoms with van der Waals surface area (Å²) in [7, 11) is 0. The van der Waals surface area contributed by atoms with E-state index >= 15 is 0 Å². The minimum absolute atomic E-state index is 0.703. The Labute approximate surface area is 119 Å². The highest BCUT2D eigenvalue weighted by atomic mass is 32.1. The van der Waals surface area contributed by atoms with E-state index in [0.29, 0.717) is 5.82 Å². The fourth-order valence-corrected chi connectivity index (χ4v) is 3.38. The second-order valence-corrected chi connectivity index (χ2v) is 5.92. The highest BCUT2D eigenvalue weighted by Gasteiger charge is 2.12. The molecular weight excluding hydrogens is 276 g/mol. The first-order chi connectivity index (χ1) is 9.31. The maximum absolute atomic E-state index is 4.64. The molecule has 0 aliphatic carbocycles. The van der Waals surface area contributed by atoms with Gasteiger partial charge in [-0.2, -0.15) is 0 Å². The van der Waals surface area contributed by atoms with Crippen molar-refractivity contribution in [1.82, 2.24) is 15.0 Å². The molecule has 0 radical (unpaired) electrons. The van der Waals surface area contributed by atoms with Crippen LogP contribution in [-0.4, -0.2) is 21.5 Å². The SMILES string of the molecule is CCNc1nc(-c2cscn2)nc2sc(CC)cc12. The highest BCUT2D eigenvalue weighted by molar-refractivity contribution is 7.18. The van der Waals surface area contributed by atoms with Crippen molar-refractivity contribution in [3.8, 4) is 11.5 Å². The molecule has 4 nitrogen and oxygen atoms in total. The van der Waals surface area contributed by atoms with Crippen LogP contribution >= 0.6 is 22.7 Å². The van der Waals surface area contributed by atoms with Gasteiger partial charge in [0.1, 0.15) is 16.3 Å². The van der Waals surface area contributed by atoms with Crippen LogP contribution < -0.4 is 5.32 Å². The van der Waals surface area contributed by atoms with E-state index < -0.39 is 0 Å². The molecule has 0 unspecified atom stereocenters. The number of hydrogen-bond donors (Lipinski definition) is 1. The van der Waals surface area contributed by atoms with E-state index in [-0.39, 0.29) is 0 Å². The minimum atomic E-state index is 0.703. The lowest BCUT2D eigenvalue weighted by atomic mass is 10.3. The smallest absolute Gasteiger partial charge is 0.182 e. The Bertz CT molecular complexity index is 688. The number of nitrogens with zero attached hydrogens (tertiary/aromatic N) is 3. The number of rotatable bonds is 4. The molecule has 0 aliphatic rings. The molecule has 3 rings (SSSR count). The van der Waals surface area contributed by atoms with E-state index in [4.69, 9.17) is 0 Å². The van der Waals surface area contributed by atoms with E-state index in [1.54, 1.807) is 22.7 Å². The number of nitrogens with one attached hydrogen (secondary N) is 1. The zero-order valence-corrected chi connectivity index (χ0v) is 12.4. The van der Waals surface area contributed by atoms with Crippen LogP contribution in [0.1, 0.15) is 18.7 Å². The van der Waals surface area contributed by atoms with Crippen LogP contribution in [0.15, 0.2) is 17.0 Å². The zero-order chi connectivity index (χ0) is 13.2. The third-order valence-electron chi connectivity index (χ3n) is 2.80. The monoisotopic (exact) mass is 290 g/mol. The van der Waals surface area contributed by atoms with Gasteiger partial charge in [-0.15, -0.1) is 22.7 Å². The van der Waals surface area contributed by atoms with Gasteiger partial charge in [-0.1, -0.05) is 6.92 Å². The third-order valence-corrected chi connectivity index (χ3v) is 4.56. The number of aromatic nitrogens is 3. The predicted octanol–water partition coefficient (Wildman–Crippen LogP) is 3.81. The van der Waals surface area contributed by atoms with Gasteiger partial charge in [-0.25, -0.2) is 15.0 Å². The van der Waals surface area contributed by atoms with Crippen molar-refractivity contribution >= 4 is 38.7 Å².